The van der Waals surface area contributed by atoms with Crippen molar-refractivity contribution in [2.24, 2.45) is 0 Å². The number of carbonyl (C=O) groups excluding carboxylic acids is 1. The number of halogens is 1. The fraction of sp³-hybridized carbons (Fsp3) is 0.440. The lowest BCUT2D eigenvalue weighted by Crippen LogP contribution is -2.54. The van der Waals surface area contributed by atoms with Crippen LogP contribution in [0.15, 0.2) is 24.7 Å². The minimum atomic E-state index is -0.439. The molecular formula is C25H30ClN9O. The molecule has 6 rings (SSSR count). The highest BCUT2D eigenvalue weighted by molar-refractivity contribution is 6.38. The fourth-order valence-electron chi connectivity index (χ4n) is 5.75. The minimum Gasteiger partial charge on any atom is -0.383 e. The first-order valence-corrected chi connectivity index (χ1v) is 12.6. The largest absolute Gasteiger partial charge is 0.383 e. The first kappa shape index (κ1) is 23.1. The molecule has 0 spiro atoms. The molecule has 0 aromatic carbocycles. The number of nitrogens with zero attached hydrogens (tertiary/aromatic N) is 6. The van der Waals surface area contributed by atoms with Crippen LogP contribution in [-0.2, 0) is 12.1 Å². The number of H-pyrrole nitrogens is 1. The van der Waals surface area contributed by atoms with Gasteiger partial charge in [0, 0.05) is 35.4 Å². The predicted molar refractivity (Wildman–Crippen MR) is 141 cm³/mol. The number of nitrogens with one attached hydrogen (secondary N) is 2. The van der Waals surface area contributed by atoms with E-state index in [1.54, 1.807) is 6.20 Å². The van der Waals surface area contributed by atoms with Crippen LogP contribution in [-0.4, -0.2) is 73.1 Å². The number of aromatic amines is 1. The van der Waals surface area contributed by atoms with Gasteiger partial charge in [-0.2, -0.15) is 0 Å². The van der Waals surface area contributed by atoms with Crippen molar-refractivity contribution < 1.29 is 4.79 Å². The number of anilines is 1. The van der Waals surface area contributed by atoms with E-state index in [9.17, 15) is 4.79 Å². The molecule has 0 aliphatic carbocycles. The number of urea groups is 1. The van der Waals surface area contributed by atoms with Gasteiger partial charge < -0.3 is 30.4 Å². The molecule has 36 heavy (non-hydrogen) atoms. The average molecular weight is 508 g/mol. The summed E-state index contributed by atoms with van der Waals surface area (Å²) in [6, 6.07) is 3.92. The molecule has 4 aromatic heterocycles. The molecule has 2 aliphatic heterocycles. The van der Waals surface area contributed by atoms with Gasteiger partial charge in [-0.15, -0.1) is 0 Å². The highest BCUT2D eigenvalue weighted by Crippen LogP contribution is 2.45. The Balaban J connectivity index is 1.48. The van der Waals surface area contributed by atoms with Crippen LogP contribution in [0, 0.1) is 0 Å². The molecule has 11 heteroatoms. The summed E-state index contributed by atoms with van der Waals surface area (Å²) >= 11 is 6.90. The fourth-order valence-corrected chi connectivity index (χ4v) is 6.05. The van der Waals surface area contributed by atoms with Gasteiger partial charge in [0.2, 0.25) is 0 Å². The predicted octanol–water partition coefficient (Wildman–Crippen LogP) is 3.56. The number of amides is 2. The third kappa shape index (κ3) is 3.58. The van der Waals surface area contributed by atoms with E-state index in [1.807, 2.05) is 17.0 Å². The number of hydrogen-bond acceptors (Lipinski definition) is 6. The SMILES string of the molecule is CN1CCC(NC(=O)N2Cc3c(-c4[nH]c5ncccc5c4Cl)c4c(N)ncnc4n3C(C)(C)C2)CC1. The van der Waals surface area contributed by atoms with E-state index >= 15 is 0 Å². The van der Waals surface area contributed by atoms with Gasteiger partial charge >= 0.3 is 6.03 Å². The van der Waals surface area contributed by atoms with Crippen LogP contribution in [0.25, 0.3) is 33.3 Å². The number of piperidine rings is 1. The molecule has 2 aliphatic rings. The summed E-state index contributed by atoms with van der Waals surface area (Å²) in [7, 11) is 2.12. The number of nitrogen functional groups attached to an aromatic ring is 1. The summed E-state index contributed by atoms with van der Waals surface area (Å²) in [5.41, 5.74) is 9.86. The maximum atomic E-state index is 13.5. The van der Waals surface area contributed by atoms with Crippen molar-refractivity contribution in [3.05, 3.63) is 35.4 Å². The molecule has 188 valence electrons. The quantitative estimate of drug-likeness (QED) is 0.381. The van der Waals surface area contributed by atoms with E-state index in [0.717, 1.165) is 53.6 Å². The van der Waals surface area contributed by atoms with Crippen molar-refractivity contribution in [3.63, 3.8) is 0 Å². The van der Waals surface area contributed by atoms with Crippen molar-refractivity contribution in [1.29, 1.82) is 0 Å². The van der Waals surface area contributed by atoms with Crippen molar-refractivity contribution in [2.75, 3.05) is 32.4 Å². The zero-order valence-corrected chi connectivity index (χ0v) is 21.4. The van der Waals surface area contributed by atoms with E-state index in [1.165, 1.54) is 6.33 Å². The molecule has 4 N–H and O–H groups in total. The average Bonchev–Trinajstić information content (AvgIpc) is 3.36. The second kappa shape index (κ2) is 8.35. The van der Waals surface area contributed by atoms with Crippen molar-refractivity contribution in [2.45, 2.75) is 44.8 Å². The second-order valence-electron chi connectivity index (χ2n) is 10.5. The van der Waals surface area contributed by atoms with Crippen LogP contribution < -0.4 is 11.1 Å². The lowest BCUT2D eigenvalue weighted by molar-refractivity contribution is 0.135. The number of pyridine rings is 1. The van der Waals surface area contributed by atoms with Crippen LogP contribution in [0.5, 0.6) is 0 Å². The van der Waals surface area contributed by atoms with Gasteiger partial charge in [0.15, 0.2) is 0 Å². The molecule has 0 unspecified atom stereocenters. The van der Waals surface area contributed by atoms with Crippen LogP contribution >= 0.6 is 11.6 Å². The van der Waals surface area contributed by atoms with Crippen LogP contribution in [0.3, 0.4) is 0 Å². The lowest BCUT2D eigenvalue weighted by atomic mass is 9.99. The number of likely N-dealkylation sites (tertiary alicyclic amines) is 1. The Hall–Kier alpha value is -3.37. The van der Waals surface area contributed by atoms with E-state index in [4.69, 9.17) is 17.3 Å². The molecule has 0 bridgehead atoms. The maximum absolute atomic E-state index is 13.5. The highest BCUT2D eigenvalue weighted by Gasteiger charge is 2.39. The normalized spacial score (nSPS) is 18.6. The van der Waals surface area contributed by atoms with Gasteiger partial charge in [0.1, 0.15) is 23.4 Å². The third-order valence-corrected chi connectivity index (χ3v) is 7.88. The molecule has 1 fully saturated rings. The number of carbonyl (C=O) groups is 1. The van der Waals surface area contributed by atoms with E-state index in [-0.39, 0.29) is 12.1 Å². The Labute approximate surface area is 213 Å². The second-order valence-corrected chi connectivity index (χ2v) is 10.9. The van der Waals surface area contributed by atoms with Gasteiger partial charge in [-0.05, 0) is 59.0 Å². The van der Waals surface area contributed by atoms with Crippen molar-refractivity contribution >= 4 is 45.5 Å². The van der Waals surface area contributed by atoms with Gasteiger partial charge in [-0.25, -0.2) is 19.7 Å². The first-order valence-electron chi connectivity index (χ1n) is 12.3. The standard InChI is InChI=1S/C25H30ClN9O/c1-25(2)12-34(24(36)31-14-6-9-33(3)10-7-14)11-16-17(18-21(27)29-13-30-23(18)35(16)25)20-19(26)15-5-4-8-28-22(15)32-20/h4-5,8,13-14H,6-7,9-12H2,1-3H3,(H,28,32)(H,31,36)(H2,27,29,30). The lowest BCUT2D eigenvalue weighted by Gasteiger charge is -2.41. The van der Waals surface area contributed by atoms with E-state index in [2.05, 4.69) is 55.6 Å². The van der Waals surface area contributed by atoms with Gasteiger partial charge in [0.05, 0.1) is 28.2 Å². The summed E-state index contributed by atoms with van der Waals surface area (Å²) in [6.45, 7) is 7.13. The Morgan fingerprint density at radius 1 is 1.25 bits per heavy atom. The zero-order chi connectivity index (χ0) is 25.2. The van der Waals surface area contributed by atoms with E-state index in [0.29, 0.717) is 35.3 Å². The number of fused-ring (bicyclic) bond motifs is 4. The summed E-state index contributed by atoms with van der Waals surface area (Å²) in [5, 5.41) is 5.38. The number of aromatic nitrogens is 5. The summed E-state index contributed by atoms with van der Waals surface area (Å²) in [5.74, 6) is 0.373. The Bertz CT molecular complexity index is 1480. The first-order chi connectivity index (χ1) is 17.2. The monoisotopic (exact) mass is 507 g/mol. The molecule has 1 saturated heterocycles. The molecule has 4 aromatic rings. The Morgan fingerprint density at radius 2 is 2.03 bits per heavy atom. The number of rotatable bonds is 2. The van der Waals surface area contributed by atoms with E-state index < -0.39 is 5.54 Å². The third-order valence-electron chi connectivity index (χ3n) is 7.49. The number of nitrogens with two attached hydrogens (primary N) is 1. The molecule has 6 heterocycles. The Morgan fingerprint density at radius 3 is 2.78 bits per heavy atom. The van der Waals surface area contributed by atoms with Gasteiger partial charge in [-0.1, -0.05) is 11.6 Å². The van der Waals surface area contributed by atoms with Crippen molar-refractivity contribution in [3.8, 4) is 11.3 Å². The summed E-state index contributed by atoms with van der Waals surface area (Å²) < 4.78 is 2.18. The molecular weight excluding hydrogens is 478 g/mol. The Kier molecular flexibility index (Phi) is 5.34. The van der Waals surface area contributed by atoms with Gasteiger partial charge in [0.25, 0.3) is 0 Å². The zero-order valence-electron chi connectivity index (χ0n) is 20.7. The van der Waals surface area contributed by atoms with Crippen LogP contribution in [0.1, 0.15) is 32.4 Å². The summed E-state index contributed by atoms with van der Waals surface area (Å²) in [4.78, 5) is 34.4. The molecule has 0 radical (unpaired) electrons. The van der Waals surface area contributed by atoms with Crippen LogP contribution in [0.2, 0.25) is 5.02 Å². The summed E-state index contributed by atoms with van der Waals surface area (Å²) in [6.07, 6.45) is 5.11. The maximum Gasteiger partial charge on any atom is 0.318 e. The topological polar surface area (TPSA) is 121 Å². The van der Waals surface area contributed by atoms with Gasteiger partial charge in [-0.3, -0.25) is 0 Å². The minimum absolute atomic E-state index is 0.0523. The molecule has 10 nitrogen and oxygen atoms in total. The molecule has 2 amide bonds. The smallest absolute Gasteiger partial charge is 0.318 e. The highest BCUT2D eigenvalue weighted by atomic mass is 35.5. The molecule has 0 atom stereocenters. The van der Waals surface area contributed by atoms with Crippen LogP contribution in [0.4, 0.5) is 10.6 Å². The number of hydrogen-bond donors (Lipinski definition) is 3. The molecule has 0 saturated carbocycles. The van der Waals surface area contributed by atoms with Crippen molar-refractivity contribution in [1.82, 2.24) is 39.6 Å².